The van der Waals surface area contributed by atoms with E-state index in [-0.39, 0.29) is 0 Å². The fourth-order valence-corrected chi connectivity index (χ4v) is 4.21. The molecule has 0 radical (unpaired) electrons. The molecule has 2 heterocycles. The van der Waals surface area contributed by atoms with E-state index in [0.29, 0.717) is 6.04 Å². The van der Waals surface area contributed by atoms with Crippen LogP contribution in [-0.4, -0.2) is 85.0 Å². The van der Waals surface area contributed by atoms with Crippen LogP contribution in [0.1, 0.15) is 25.6 Å². The molecule has 140 valence electrons. The van der Waals surface area contributed by atoms with Crippen molar-refractivity contribution in [2.75, 3.05) is 58.8 Å². The van der Waals surface area contributed by atoms with Gasteiger partial charge < -0.3 is 20.0 Å². The maximum absolute atomic E-state index is 4.61. The van der Waals surface area contributed by atoms with Crippen molar-refractivity contribution < 1.29 is 0 Å². The zero-order chi connectivity index (χ0) is 17.8. The molecule has 2 fully saturated rings. The molecule has 25 heavy (non-hydrogen) atoms. The summed E-state index contributed by atoms with van der Waals surface area (Å²) in [6.07, 6.45) is 3.63. The molecule has 0 aromatic carbocycles. The third-order valence-corrected chi connectivity index (χ3v) is 5.95. The van der Waals surface area contributed by atoms with Gasteiger partial charge in [-0.05, 0) is 32.9 Å². The normalized spacial score (nSPS) is 20.3. The van der Waals surface area contributed by atoms with Gasteiger partial charge in [0.25, 0.3) is 0 Å². The number of hydrogen-bond donors (Lipinski definition) is 1. The number of nitrogens with one attached hydrogen (secondary N) is 1. The summed E-state index contributed by atoms with van der Waals surface area (Å²) in [4.78, 5) is 16.2. The van der Waals surface area contributed by atoms with Crippen LogP contribution in [-0.2, 0) is 6.42 Å². The van der Waals surface area contributed by atoms with Crippen LogP contribution < -0.4 is 10.2 Å². The van der Waals surface area contributed by atoms with Crippen molar-refractivity contribution in [3.05, 3.63) is 5.82 Å². The topological polar surface area (TPSA) is 59.9 Å². The highest BCUT2D eigenvalue weighted by Crippen LogP contribution is 2.34. The number of nitrogens with zero attached hydrogens (tertiary/aromatic N) is 6. The number of aryl methyl sites for hydroxylation is 1. The van der Waals surface area contributed by atoms with E-state index in [0.717, 1.165) is 62.0 Å². The highest BCUT2D eigenvalue weighted by molar-refractivity contribution is 7.09. The molecule has 1 atom stereocenters. The number of anilines is 1. The molecule has 2 aliphatic rings. The molecule has 1 N–H and O–H groups in total. The van der Waals surface area contributed by atoms with E-state index in [1.165, 1.54) is 24.4 Å². The predicted molar refractivity (Wildman–Crippen MR) is 105 cm³/mol. The molecule has 1 unspecified atom stereocenters. The second-order valence-corrected chi connectivity index (χ2v) is 7.85. The molecule has 1 aliphatic carbocycles. The fraction of sp³-hybridized carbons (Fsp3) is 0.824. The van der Waals surface area contributed by atoms with Gasteiger partial charge in [0.05, 0.1) is 0 Å². The Morgan fingerprint density at radius 3 is 2.56 bits per heavy atom. The van der Waals surface area contributed by atoms with Gasteiger partial charge in [-0.1, -0.05) is 6.92 Å². The highest BCUT2D eigenvalue weighted by atomic mass is 32.1. The van der Waals surface area contributed by atoms with Crippen LogP contribution >= 0.6 is 11.5 Å². The van der Waals surface area contributed by atoms with Crippen LogP contribution in [0.15, 0.2) is 4.99 Å². The first-order valence-electron chi connectivity index (χ1n) is 9.32. The van der Waals surface area contributed by atoms with Crippen LogP contribution in [0, 0.1) is 5.92 Å². The Bertz CT molecular complexity index is 571. The summed E-state index contributed by atoms with van der Waals surface area (Å²) in [5.41, 5.74) is 0. The monoisotopic (exact) mass is 365 g/mol. The van der Waals surface area contributed by atoms with Gasteiger partial charge in [-0.3, -0.25) is 4.99 Å². The molecule has 0 spiro atoms. The van der Waals surface area contributed by atoms with Gasteiger partial charge in [-0.15, -0.1) is 0 Å². The Morgan fingerprint density at radius 2 is 2.04 bits per heavy atom. The van der Waals surface area contributed by atoms with E-state index in [2.05, 4.69) is 55.4 Å². The van der Waals surface area contributed by atoms with Crippen molar-refractivity contribution in [1.29, 1.82) is 0 Å². The number of guanidine groups is 1. The highest BCUT2D eigenvalue weighted by Gasteiger charge is 2.33. The van der Waals surface area contributed by atoms with Crippen molar-refractivity contribution in [3.8, 4) is 0 Å². The van der Waals surface area contributed by atoms with E-state index in [9.17, 15) is 0 Å². The van der Waals surface area contributed by atoms with Crippen LogP contribution in [0.2, 0.25) is 0 Å². The number of likely N-dealkylation sites (N-methyl/N-ethyl adjacent to an activating group) is 1. The zero-order valence-corrected chi connectivity index (χ0v) is 16.7. The van der Waals surface area contributed by atoms with Crippen LogP contribution in [0.5, 0.6) is 0 Å². The molecule has 1 aliphatic heterocycles. The van der Waals surface area contributed by atoms with E-state index < -0.39 is 0 Å². The van der Waals surface area contributed by atoms with Gasteiger partial charge in [0.2, 0.25) is 5.13 Å². The van der Waals surface area contributed by atoms with E-state index in [1.807, 2.05) is 7.05 Å². The number of aliphatic imine (C=N–C) groups is 1. The minimum atomic E-state index is 0.604. The smallest absolute Gasteiger partial charge is 0.205 e. The van der Waals surface area contributed by atoms with Gasteiger partial charge >= 0.3 is 0 Å². The molecule has 1 saturated carbocycles. The zero-order valence-electron chi connectivity index (χ0n) is 15.9. The summed E-state index contributed by atoms with van der Waals surface area (Å²) in [6.45, 7) is 6.95. The first kappa shape index (κ1) is 18.4. The van der Waals surface area contributed by atoms with Crippen molar-refractivity contribution in [2.24, 2.45) is 10.9 Å². The van der Waals surface area contributed by atoms with Crippen molar-refractivity contribution in [1.82, 2.24) is 24.5 Å². The minimum absolute atomic E-state index is 0.604. The lowest BCUT2D eigenvalue weighted by Gasteiger charge is -2.37. The van der Waals surface area contributed by atoms with Gasteiger partial charge in [0.1, 0.15) is 5.82 Å². The first-order valence-corrected chi connectivity index (χ1v) is 10.1. The Balaban J connectivity index is 1.50. The number of aromatic nitrogens is 2. The van der Waals surface area contributed by atoms with E-state index >= 15 is 0 Å². The standard InChI is InChI=1S/C17H31N7S/c1-5-15-20-17(25-21-15)24-10-8-23(9-11-24)16(18-2)19-12-14(22(3)4)13-6-7-13/h13-14H,5-12H2,1-4H3,(H,18,19). The Kier molecular flexibility index (Phi) is 6.11. The quantitative estimate of drug-likeness (QED) is 0.603. The maximum atomic E-state index is 4.61. The van der Waals surface area contributed by atoms with Crippen molar-refractivity contribution in [3.63, 3.8) is 0 Å². The molecular formula is C17H31N7S. The molecule has 7 nitrogen and oxygen atoms in total. The summed E-state index contributed by atoms with van der Waals surface area (Å²) in [5, 5.41) is 4.66. The summed E-state index contributed by atoms with van der Waals surface area (Å²) in [5.74, 6) is 2.83. The molecule has 1 aromatic heterocycles. The van der Waals surface area contributed by atoms with Crippen molar-refractivity contribution >= 4 is 22.6 Å². The van der Waals surface area contributed by atoms with Gasteiger partial charge in [0.15, 0.2) is 5.96 Å². The number of hydrogen-bond acceptors (Lipinski definition) is 6. The average molecular weight is 366 g/mol. The second kappa shape index (κ2) is 8.31. The Morgan fingerprint density at radius 1 is 1.32 bits per heavy atom. The summed E-state index contributed by atoms with van der Waals surface area (Å²) in [7, 11) is 6.24. The van der Waals surface area contributed by atoms with Crippen LogP contribution in [0.3, 0.4) is 0 Å². The second-order valence-electron chi connectivity index (χ2n) is 7.12. The summed E-state index contributed by atoms with van der Waals surface area (Å²) >= 11 is 1.52. The average Bonchev–Trinajstić information content (AvgIpc) is 3.34. The minimum Gasteiger partial charge on any atom is -0.355 e. The van der Waals surface area contributed by atoms with E-state index in [4.69, 9.17) is 0 Å². The summed E-state index contributed by atoms with van der Waals surface area (Å²) < 4.78 is 4.40. The van der Waals surface area contributed by atoms with Crippen molar-refractivity contribution in [2.45, 2.75) is 32.2 Å². The lowest BCUT2D eigenvalue weighted by molar-refractivity contribution is 0.260. The molecule has 1 saturated heterocycles. The van der Waals surface area contributed by atoms with Gasteiger partial charge in [0, 0.05) is 63.8 Å². The SMILES string of the molecule is CCc1nsc(N2CCN(C(=NC)NCC(C3CC3)N(C)C)CC2)n1. The molecule has 3 rings (SSSR count). The van der Waals surface area contributed by atoms with Gasteiger partial charge in [-0.2, -0.15) is 4.37 Å². The van der Waals surface area contributed by atoms with E-state index in [1.54, 1.807) is 0 Å². The number of rotatable bonds is 6. The lowest BCUT2D eigenvalue weighted by Crippen LogP contribution is -2.54. The molecule has 8 heteroatoms. The van der Waals surface area contributed by atoms with Gasteiger partial charge in [-0.25, -0.2) is 4.98 Å². The number of piperazine rings is 1. The van der Waals surface area contributed by atoms with Crippen LogP contribution in [0.4, 0.5) is 5.13 Å². The molecular weight excluding hydrogens is 334 g/mol. The maximum Gasteiger partial charge on any atom is 0.205 e. The Hall–Kier alpha value is -1.41. The summed E-state index contributed by atoms with van der Waals surface area (Å²) in [6, 6.07) is 0.604. The molecule has 0 bridgehead atoms. The third kappa shape index (κ3) is 4.61. The van der Waals surface area contributed by atoms with Crippen LogP contribution in [0.25, 0.3) is 0 Å². The largest absolute Gasteiger partial charge is 0.355 e. The third-order valence-electron chi connectivity index (χ3n) is 5.13. The predicted octanol–water partition coefficient (Wildman–Crippen LogP) is 1.14. The first-order chi connectivity index (χ1) is 12.1. The Labute approximate surface area is 155 Å². The molecule has 1 aromatic rings. The fourth-order valence-electron chi connectivity index (χ4n) is 3.41. The lowest BCUT2D eigenvalue weighted by atomic mass is 10.1. The molecule has 0 amide bonds.